The number of hydrogen-bond donors (Lipinski definition) is 0. The van der Waals surface area contributed by atoms with E-state index in [9.17, 15) is 8.42 Å². The number of benzene rings is 2. The van der Waals surface area contributed by atoms with E-state index in [-0.39, 0.29) is 16.8 Å². The van der Waals surface area contributed by atoms with Gasteiger partial charge in [-0.2, -0.15) is 5.10 Å². The lowest BCUT2D eigenvalue weighted by Crippen LogP contribution is -2.36. The molecule has 1 saturated heterocycles. The van der Waals surface area contributed by atoms with Gasteiger partial charge in [-0.05, 0) is 48.6 Å². The van der Waals surface area contributed by atoms with Gasteiger partial charge >= 0.3 is 0 Å². The zero-order chi connectivity index (χ0) is 23.9. The first-order valence-electron chi connectivity index (χ1n) is 11.4. The largest absolute Gasteiger partial charge is 0.341 e. The summed E-state index contributed by atoms with van der Waals surface area (Å²) in [6, 6.07) is 9.76. The Hall–Kier alpha value is -3.33. The fourth-order valence-electron chi connectivity index (χ4n) is 4.47. The van der Waals surface area contributed by atoms with Crippen molar-refractivity contribution in [3.05, 3.63) is 66.4 Å². The van der Waals surface area contributed by atoms with Crippen molar-refractivity contribution in [1.29, 1.82) is 0 Å². The van der Waals surface area contributed by atoms with Crippen LogP contribution in [0.4, 0.5) is 10.3 Å². The first-order valence-corrected chi connectivity index (χ1v) is 13.3. The van der Waals surface area contributed by atoms with Gasteiger partial charge in [0.1, 0.15) is 5.82 Å². The van der Waals surface area contributed by atoms with E-state index in [1.807, 2.05) is 17.1 Å². The quantitative estimate of drug-likeness (QED) is 0.421. The zero-order valence-corrected chi connectivity index (χ0v) is 20.0. The second-order valence-electron chi connectivity index (χ2n) is 8.74. The molecule has 5 rings (SSSR count). The van der Waals surface area contributed by atoms with Crippen molar-refractivity contribution in [2.75, 3.05) is 24.2 Å². The minimum absolute atomic E-state index is 0.169. The van der Waals surface area contributed by atoms with Gasteiger partial charge in [-0.3, -0.25) is 4.68 Å². The van der Waals surface area contributed by atoms with Crippen molar-refractivity contribution in [3.63, 3.8) is 0 Å². The molecule has 34 heavy (non-hydrogen) atoms. The number of aryl methyl sites for hydroxylation is 1. The van der Waals surface area contributed by atoms with Crippen LogP contribution in [0, 0.1) is 5.82 Å². The van der Waals surface area contributed by atoms with E-state index in [1.165, 1.54) is 18.2 Å². The third-order valence-electron chi connectivity index (χ3n) is 6.47. The van der Waals surface area contributed by atoms with Gasteiger partial charge in [0.15, 0.2) is 9.84 Å². The van der Waals surface area contributed by atoms with Crippen LogP contribution in [-0.4, -0.2) is 47.5 Å². The number of piperidine rings is 1. The molecule has 7 nitrogen and oxygen atoms in total. The molecule has 0 bridgehead atoms. The van der Waals surface area contributed by atoms with Crippen molar-refractivity contribution in [2.45, 2.75) is 37.1 Å². The standard InChI is InChI=1S/C25H26FN5O2S/c1-3-17-14-27-25(28-15-17)30-10-8-20(9-11-30)31-24-13-23(26)22(12-19(24)16-29-31)18-4-6-21(7-5-18)34(2,32)33/h4-7,12-16,20H,3,8-11H2,1-2H3. The Morgan fingerprint density at radius 1 is 1.03 bits per heavy atom. The van der Waals surface area contributed by atoms with Gasteiger partial charge in [-0.25, -0.2) is 22.8 Å². The molecule has 176 valence electrons. The summed E-state index contributed by atoms with van der Waals surface area (Å²) in [4.78, 5) is 11.4. The molecule has 1 aliphatic rings. The molecule has 1 aliphatic heterocycles. The molecular weight excluding hydrogens is 453 g/mol. The highest BCUT2D eigenvalue weighted by Gasteiger charge is 2.24. The summed E-state index contributed by atoms with van der Waals surface area (Å²) in [6.07, 6.45) is 9.33. The van der Waals surface area contributed by atoms with Crippen molar-refractivity contribution < 1.29 is 12.8 Å². The van der Waals surface area contributed by atoms with Gasteiger partial charge in [0.05, 0.1) is 22.7 Å². The summed E-state index contributed by atoms with van der Waals surface area (Å²) in [5.41, 5.74) is 2.93. The monoisotopic (exact) mass is 479 g/mol. The summed E-state index contributed by atoms with van der Waals surface area (Å²) < 4.78 is 40.5. The number of nitrogens with zero attached hydrogens (tertiary/aromatic N) is 5. The van der Waals surface area contributed by atoms with E-state index >= 15 is 4.39 Å². The van der Waals surface area contributed by atoms with E-state index in [0.717, 1.165) is 61.0 Å². The average molecular weight is 480 g/mol. The third-order valence-corrected chi connectivity index (χ3v) is 7.60. The Morgan fingerprint density at radius 2 is 1.71 bits per heavy atom. The van der Waals surface area contributed by atoms with Crippen LogP contribution in [0.1, 0.15) is 31.4 Å². The molecule has 0 amide bonds. The number of rotatable bonds is 5. The molecule has 4 aromatic rings. The first kappa shape index (κ1) is 22.5. The Labute approximate surface area is 198 Å². The van der Waals surface area contributed by atoms with Crippen LogP contribution in [0.5, 0.6) is 0 Å². The van der Waals surface area contributed by atoms with Crippen LogP contribution < -0.4 is 4.90 Å². The molecule has 0 aliphatic carbocycles. The van der Waals surface area contributed by atoms with Crippen LogP contribution in [0.2, 0.25) is 0 Å². The van der Waals surface area contributed by atoms with Gasteiger partial charge < -0.3 is 4.90 Å². The molecule has 2 aromatic carbocycles. The fraction of sp³-hybridized carbons (Fsp3) is 0.320. The Morgan fingerprint density at radius 3 is 2.32 bits per heavy atom. The summed E-state index contributed by atoms with van der Waals surface area (Å²) in [6.45, 7) is 3.70. The Bertz CT molecular complexity index is 1420. The van der Waals surface area contributed by atoms with E-state index in [2.05, 4.69) is 26.9 Å². The number of hydrogen-bond acceptors (Lipinski definition) is 6. The Kier molecular flexibility index (Phi) is 5.81. The number of aromatic nitrogens is 4. The topological polar surface area (TPSA) is 81.0 Å². The molecule has 1 fully saturated rings. The highest BCUT2D eigenvalue weighted by atomic mass is 32.2. The second-order valence-corrected chi connectivity index (χ2v) is 10.8. The minimum atomic E-state index is -3.30. The Balaban J connectivity index is 1.36. The third kappa shape index (κ3) is 4.27. The number of anilines is 1. The van der Waals surface area contributed by atoms with Crippen molar-refractivity contribution in [1.82, 2.24) is 19.7 Å². The summed E-state index contributed by atoms with van der Waals surface area (Å²) in [5, 5.41) is 5.43. The lowest BCUT2D eigenvalue weighted by Gasteiger charge is -2.32. The molecule has 0 N–H and O–H groups in total. The van der Waals surface area contributed by atoms with Crippen molar-refractivity contribution >= 4 is 26.7 Å². The maximum Gasteiger partial charge on any atom is 0.225 e. The highest BCUT2D eigenvalue weighted by Crippen LogP contribution is 2.32. The van der Waals surface area contributed by atoms with Gasteiger partial charge in [0.2, 0.25) is 5.95 Å². The number of halogens is 1. The van der Waals surface area contributed by atoms with Crippen LogP contribution >= 0.6 is 0 Å². The smallest absolute Gasteiger partial charge is 0.225 e. The van der Waals surface area contributed by atoms with Crippen LogP contribution in [0.3, 0.4) is 0 Å². The minimum Gasteiger partial charge on any atom is -0.341 e. The summed E-state index contributed by atoms with van der Waals surface area (Å²) >= 11 is 0. The number of sulfone groups is 1. The zero-order valence-electron chi connectivity index (χ0n) is 19.1. The maximum atomic E-state index is 15.1. The van der Waals surface area contributed by atoms with Gasteiger partial charge in [0, 0.05) is 48.8 Å². The van der Waals surface area contributed by atoms with Gasteiger partial charge in [0.25, 0.3) is 0 Å². The lowest BCUT2D eigenvalue weighted by atomic mass is 10.0. The molecule has 0 unspecified atom stereocenters. The molecule has 0 atom stereocenters. The van der Waals surface area contributed by atoms with E-state index in [0.29, 0.717) is 11.1 Å². The average Bonchev–Trinajstić information content (AvgIpc) is 3.26. The SMILES string of the molecule is CCc1cnc(N2CCC(n3ncc4cc(-c5ccc(S(C)(=O)=O)cc5)c(F)cc43)CC2)nc1. The normalized spacial score (nSPS) is 15.2. The van der Waals surface area contributed by atoms with E-state index in [4.69, 9.17) is 0 Å². The van der Waals surface area contributed by atoms with E-state index in [1.54, 1.807) is 24.4 Å². The van der Waals surface area contributed by atoms with Crippen molar-refractivity contribution in [3.8, 4) is 11.1 Å². The maximum absolute atomic E-state index is 15.1. The van der Waals surface area contributed by atoms with E-state index < -0.39 is 9.84 Å². The van der Waals surface area contributed by atoms with Gasteiger partial charge in [-0.15, -0.1) is 0 Å². The van der Waals surface area contributed by atoms with Crippen LogP contribution in [0.15, 0.2) is 59.9 Å². The summed E-state index contributed by atoms with van der Waals surface area (Å²) in [7, 11) is -3.30. The van der Waals surface area contributed by atoms with Gasteiger partial charge in [-0.1, -0.05) is 19.1 Å². The molecule has 0 radical (unpaired) electrons. The lowest BCUT2D eigenvalue weighted by molar-refractivity contribution is 0.373. The molecule has 3 heterocycles. The molecule has 2 aromatic heterocycles. The molecular formula is C25H26FN5O2S. The van der Waals surface area contributed by atoms with Crippen LogP contribution in [0.25, 0.3) is 22.0 Å². The molecule has 0 saturated carbocycles. The first-order chi connectivity index (χ1) is 16.3. The predicted octanol–water partition coefficient (Wildman–Crippen LogP) is 4.44. The predicted molar refractivity (Wildman–Crippen MR) is 130 cm³/mol. The summed E-state index contributed by atoms with van der Waals surface area (Å²) in [5.74, 6) is 0.391. The molecule has 9 heteroatoms. The second kappa shape index (κ2) is 8.79. The van der Waals surface area contributed by atoms with Crippen molar-refractivity contribution in [2.24, 2.45) is 0 Å². The highest BCUT2D eigenvalue weighted by molar-refractivity contribution is 7.90. The molecule has 0 spiro atoms. The van der Waals surface area contributed by atoms with Crippen LogP contribution in [-0.2, 0) is 16.3 Å². The fourth-order valence-corrected chi connectivity index (χ4v) is 5.10. The number of fused-ring (bicyclic) bond motifs is 1.